The fourth-order valence-corrected chi connectivity index (χ4v) is 2.70. The summed E-state index contributed by atoms with van der Waals surface area (Å²) in [6, 6.07) is 8.07. The van der Waals surface area contributed by atoms with Gasteiger partial charge in [-0.2, -0.15) is 0 Å². The Bertz CT molecular complexity index is 546. The van der Waals surface area contributed by atoms with Crippen LogP contribution in [0.1, 0.15) is 6.92 Å². The van der Waals surface area contributed by atoms with E-state index in [9.17, 15) is 0 Å². The van der Waals surface area contributed by atoms with E-state index in [4.69, 9.17) is 4.52 Å². The van der Waals surface area contributed by atoms with Gasteiger partial charge in [-0.1, -0.05) is 24.2 Å². The summed E-state index contributed by atoms with van der Waals surface area (Å²) in [6.07, 6.45) is 0. The molecule has 2 heterocycles. The number of likely N-dealkylation sites (N-methyl/N-ethyl adjacent to an activating group) is 1. The molecule has 5 heteroatoms. The Morgan fingerprint density at radius 1 is 1.20 bits per heavy atom. The van der Waals surface area contributed by atoms with Crippen LogP contribution in [0.15, 0.2) is 28.8 Å². The Hall–Kier alpha value is -1.59. The third-order valence-electron chi connectivity index (χ3n) is 3.89. The normalized spacial score (nSPS) is 16.9. The van der Waals surface area contributed by atoms with Gasteiger partial charge in [-0.15, -0.1) is 0 Å². The average Bonchev–Trinajstić information content (AvgIpc) is 2.92. The van der Waals surface area contributed by atoms with Gasteiger partial charge in [-0.05, 0) is 18.7 Å². The number of para-hydroxylation sites is 1. The van der Waals surface area contributed by atoms with Crippen molar-refractivity contribution in [2.75, 3.05) is 50.7 Å². The van der Waals surface area contributed by atoms with Crippen molar-refractivity contribution in [3.63, 3.8) is 0 Å². The van der Waals surface area contributed by atoms with Crippen LogP contribution >= 0.6 is 0 Å². The summed E-state index contributed by atoms with van der Waals surface area (Å²) < 4.78 is 5.39. The first-order valence-electron chi connectivity index (χ1n) is 7.41. The van der Waals surface area contributed by atoms with E-state index in [1.807, 2.05) is 18.2 Å². The van der Waals surface area contributed by atoms with Crippen molar-refractivity contribution in [1.82, 2.24) is 15.4 Å². The number of rotatable bonds is 5. The van der Waals surface area contributed by atoms with Crippen molar-refractivity contribution in [3.05, 3.63) is 24.3 Å². The molecular weight excluding hydrogens is 252 g/mol. The molecule has 1 aromatic heterocycles. The summed E-state index contributed by atoms with van der Waals surface area (Å²) in [5.74, 6) is 0.993. The molecule has 20 heavy (non-hydrogen) atoms. The van der Waals surface area contributed by atoms with E-state index in [-0.39, 0.29) is 0 Å². The SMILES string of the molecule is CCNCCN1CCN(c2noc3ccccc23)CC1. The van der Waals surface area contributed by atoms with E-state index in [1.165, 1.54) is 0 Å². The van der Waals surface area contributed by atoms with E-state index < -0.39 is 0 Å². The van der Waals surface area contributed by atoms with Crippen molar-refractivity contribution in [1.29, 1.82) is 0 Å². The lowest BCUT2D eigenvalue weighted by Gasteiger charge is -2.34. The largest absolute Gasteiger partial charge is 0.354 e. The van der Waals surface area contributed by atoms with Crippen LogP contribution in [0.25, 0.3) is 11.0 Å². The van der Waals surface area contributed by atoms with Crippen LogP contribution in [0.4, 0.5) is 5.82 Å². The number of benzene rings is 1. The Balaban J connectivity index is 1.60. The van der Waals surface area contributed by atoms with Crippen molar-refractivity contribution in [2.45, 2.75) is 6.92 Å². The number of fused-ring (bicyclic) bond motifs is 1. The molecule has 1 aromatic carbocycles. The molecule has 0 amide bonds. The molecule has 1 fully saturated rings. The number of hydrogen-bond acceptors (Lipinski definition) is 5. The van der Waals surface area contributed by atoms with E-state index in [1.54, 1.807) is 0 Å². The molecule has 0 spiro atoms. The van der Waals surface area contributed by atoms with Gasteiger partial charge >= 0.3 is 0 Å². The number of nitrogens with one attached hydrogen (secondary N) is 1. The molecule has 0 radical (unpaired) electrons. The smallest absolute Gasteiger partial charge is 0.180 e. The predicted octanol–water partition coefficient (Wildman–Crippen LogP) is 1.56. The highest BCUT2D eigenvalue weighted by Crippen LogP contribution is 2.26. The second-order valence-corrected chi connectivity index (χ2v) is 5.18. The standard InChI is InChI=1S/C15H22N4O/c1-2-16-7-8-18-9-11-19(12-10-18)15-13-5-3-4-6-14(13)20-17-15/h3-6,16H,2,7-12H2,1H3. The zero-order valence-corrected chi connectivity index (χ0v) is 12.0. The maximum absolute atomic E-state index is 5.39. The Kier molecular flexibility index (Phi) is 4.18. The van der Waals surface area contributed by atoms with Gasteiger partial charge < -0.3 is 14.7 Å². The van der Waals surface area contributed by atoms with E-state index in [2.05, 4.69) is 33.3 Å². The fraction of sp³-hybridized carbons (Fsp3) is 0.533. The number of anilines is 1. The van der Waals surface area contributed by atoms with Gasteiger partial charge in [0, 0.05) is 39.3 Å². The maximum atomic E-state index is 5.39. The maximum Gasteiger partial charge on any atom is 0.180 e. The molecule has 0 saturated carbocycles. The molecule has 2 aromatic rings. The second-order valence-electron chi connectivity index (χ2n) is 5.18. The Morgan fingerprint density at radius 2 is 2.00 bits per heavy atom. The summed E-state index contributed by atoms with van der Waals surface area (Å²) in [4.78, 5) is 4.83. The van der Waals surface area contributed by atoms with Crippen LogP contribution in [-0.2, 0) is 0 Å². The molecule has 1 saturated heterocycles. The van der Waals surface area contributed by atoms with E-state index >= 15 is 0 Å². The highest BCUT2D eigenvalue weighted by molar-refractivity contribution is 5.88. The molecule has 1 aliphatic rings. The van der Waals surface area contributed by atoms with E-state index in [0.29, 0.717) is 0 Å². The Morgan fingerprint density at radius 3 is 2.80 bits per heavy atom. The third kappa shape index (κ3) is 2.78. The van der Waals surface area contributed by atoms with Gasteiger partial charge in [0.25, 0.3) is 0 Å². The summed E-state index contributed by atoms with van der Waals surface area (Å²) >= 11 is 0. The van der Waals surface area contributed by atoms with Gasteiger partial charge in [0.15, 0.2) is 11.4 Å². The average molecular weight is 274 g/mol. The molecule has 108 valence electrons. The summed E-state index contributed by atoms with van der Waals surface area (Å²) in [6.45, 7) is 9.60. The number of piperazine rings is 1. The van der Waals surface area contributed by atoms with Crippen LogP contribution in [0, 0.1) is 0 Å². The van der Waals surface area contributed by atoms with Crippen LogP contribution in [0.3, 0.4) is 0 Å². The summed E-state index contributed by atoms with van der Waals surface area (Å²) in [5, 5.41) is 8.73. The van der Waals surface area contributed by atoms with Crippen LogP contribution in [0.5, 0.6) is 0 Å². The summed E-state index contributed by atoms with van der Waals surface area (Å²) in [5.41, 5.74) is 0.872. The second kappa shape index (κ2) is 6.24. The van der Waals surface area contributed by atoms with Crippen LogP contribution < -0.4 is 10.2 Å². The highest BCUT2D eigenvalue weighted by Gasteiger charge is 2.20. The van der Waals surface area contributed by atoms with Gasteiger partial charge in [-0.25, -0.2) is 0 Å². The van der Waals surface area contributed by atoms with Gasteiger partial charge in [0.1, 0.15) is 0 Å². The minimum absolute atomic E-state index is 0.872. The van der Waals surface area contributed by atoms with Crippen molar-refractivity contribution >= 4 is 16.8 Å². The third-order valence-corrected chi connectivity index (χ3v) is 3.89. The molecule has 0 unspecified atom stereocenters. The minimum Gasteiger partial charge on any atom is -0.354 e. The quantitative estimate of drug-likeness (QED) is 0.838. The zero-order valence-electron chi connectivity index (χ0n) is 12.0. The van der Waals surface area contributed by atoms with E-state index in [0.717, 1.165) is 62.6 Å². The van der Waals surface area contributed by atoms with Gasteiger partial charge in [0.2, 0.25) is 0 Å². The molecule has 5 nitrogen and oxygen atoms in total. The van der Waals surface area contributed by atoms with Crippen LogP contribution in [0.2, 0.25) is 0 Å². The zero-order chi connectivity index (χ0) is 13.8. The van der Waals surface area contributed by atoms with Crippen molar-refractivity contribution in [2.24, 2.45) is 0 Å². The van der Waals surface area contributed by atoms with Gasteiger partial charge in [0.05, 0.1) is 5.39 Å². The predicted molar refractivity (Wildman–Crippen MR) is 81.2 cm³/mol. The van der Waals surface area contributed by atoms with Crippen LogP contribution in [-0.4, -0.2) is 55.9 Å². The van der Waals surface area contributed by atoms with Crippen molar-refractivity contribution < 1.29 is 4.52 Å². The number of nitrogens with zero attached hydrogens (tertiary/aromatic N) is 3. The number of hydrogen-bond donors (Lipinski definition) is 1. The molecule has 0 aliphatic carbocycles. The lowest BCUT2D eigenvalue weighted by atomic mass is 10.2. The summed E-state index contributed by atoms with van der Waals surface area (Å²) in [7, 11) is 0. The molecular formula is C15H22N4O. The first-order chi connectivity index (χ1) is 9.88. The number of aromatic nitrogens is 1. The molecule has 3 rings (SSSR count). The first kappa shape index (κ1) is 13.4. The fourth-order valence-electron chi connectivity index (χ4n) is 2.70. The molecule has 1 N–H and O–H groups in total. The topological polar surface area (TPSA) is 44.5 Å². The minimum atomic E-state index is 0.872. The molecule has 1 aliphatic heterocycles. The highest BCUT2D eigenvalue weighted by atomic mass is 16.5. The van der Waals surface area contributed by atoms with Gasteiger partial charge in [-0.3, -0.25) is 4.90 Å². The Labute approximate surface area is 119 Å². The lowest BCUT2D eigenvalue weighted by molar-refractivity contribution is 0.257. The molecule has 0 atom stereocenters. The van der Waals surface area contributed by atoms with Crippen molar-refractivity contribution in [3.8, 4) is 0 Å². The lowest BCUT2D eigenvalue weighted by Crippen LogP contribution is -2.48. The monoisotopic (exact) mass is 274 g/mol. The molecule has 0 bridgehead atoms. The first-order valence-corrected chi connectivity index (χ1v) is 7.41.